The van der Waals surface area contributed by atoms with E-state index >= 15 is 0 Å². The first kappa shape index (κ1) is 12.0. The minimum absolute atomic E-state index is 0.365. The predicted octanol–water partition coefficient (Wildman–Crippen LogP) is 2.17. The van der Waals surface area contributed by atoms with Crippen LogP contribution in [0.4, 0.5) is 4.39 Å². The molecule has 0 aliphatic rings. The average Bonchev–Trinajstić information content (AvgIpc) is 2.82. The van der Waals surface area contributed by atoms with Crippen LogP contribution in [0.25, 0.3) is 6.08 Å². The molecule has 0 spiro atoms. The molecule has 0 saturated carbocycles. The maximum Gasteiger partial charge on any atom is 0.328 e. The molecule has 5 heteroatoms. The molecule has 0 radical (unpaired) electrons. The van der Waals surface area contributed by atoms with Gasteiger partial charge in [-0.15, -0.1) is 0 Å². The van der Waals surface area contributed by atoms with Crippen molar-refractivity contribution in [1.82, 2.24) is 9.55 Å². The van der Waals surface area contributed by atoms with Crippen LogP contribution in [0.1, 0.15) is 11.1 Å². The fraction of sp³-hybridized carbons (Fsp3) is 0.0769. The van der Waals surface area contributed by atoms with Gasteiger partial charge in [0.1, 0.15) is 5.82 Å². The molecule has 4 nitrogen and oxygen atoms in total. The molecule has 1 aromatic heterocycles. The molecule has 92 valence electrons. The maximum absolute atomic E-state index is 13.8. The van der Waals surface area contributed by atoms with Crippen LogP contribution >= 0.6 is 0 Å². The third-order valence-corrected chi connectivity index (χ3v) is 2.41. The summed E-state index contributed by atoms with van der Waals surface area (Å²) in [6.45, 7) is 0.398. The van der Waals surface area contributed by atoms with E-state index in [0.29, 0.717) is 17.7 Å². The molecule has 2 aromatic rings. The summed E-state index contributed by atoms with van der Waals surface area (Å²) in [6.07, 6.45) is 7.31. The zero-order chi connectivity index (χ0) is 13.0. The number of carbonyl (C=O) groups is 1. The van der Waals surface area contributed by atoms with Gasteiger partial charge >= 0.3 is 5.97 Å². The molecule has 2 rings (SSSR count). The van der Waals surface area contributed by atoms with Crippen LogP contribution in [0.3, 0.4) is 0 Å². The van der Waals surface area contributed by atoms with Crippen molar-refractivity contribution in [3.63, 3.8) is 0 Å². The second-order valence-corrected chi connectivity index (χ2v) is 3.76. The fourth-order valence-corrected chi connectivity index (χ4v) is 1.54. The van der Waals surface area contributed by atoms with E-state index in [-0.39, 0.29) is 5.82 Å². The van der Waals surface area contributed by atoms with Crippen molar-refractivity contribution in [2.45, 2.75) is 6.54 Å². The number of halogens is 1. The monoisotopic (exact) mass is 246 g/mol. The average molecular weight is 246 g/mol. The van der Waals surface area contributed by atoms with Gasteiger partial charge in [0, 0.05) is 24.0 Å². The number of aromatic nitrogens is 2. The summed E-state index contributed by atoms with van der Waals surface area (Å²) in [5, 5.41) is 8.48. The van der Waals surface area contributed by atoms with Crippen molar-refractivity contribution in [2.75, 3.05) is 0 Å². The standard InChI is InChI=1S/C13H11FN2O2/c14-12-7-10(2-4-13(17)18)1-3-11(12)8-16-6-5-15-9-16/h1-7,9H,8H2,(H,17,18)/b4-2+. The van der Waals surface area contributed by atoms with Crippen molar-refractivity contribution in [1.29, 1.82) is 0 Å². The summed E-state index contributed by atoms with van der Waals surface area (Å²) in [5.41, 5.74) is 1.05. The van der Waals surface area contributed by atoms with Gasteiger partial charge < -0.3 is 9.67 Å². The second kappa shape index (κ2) is 5.27. The number of carboxylic acid groups (broad SMARTS) is 1. The lowest BCUT2D eigenvalue weighted by Crippen LogP contribution is -1.99. The molecule has 0 aliphatic heterocycles. The number of hydrogen-bond donors (Lipinski definition) is 1. The van der Waals surface area contributed by atoms with Crippen molar-refractivity contribution in [2.24, 2.45) is 0 Å². The van der Waals surface area contributed by atoms with E-state index in [0.717, 1.165) is 6.08 Å². The summed E-state index contributed by atoms with van der Waals surface area (Å²) >= 11 is 0. The predicted molar refractivity (Wildman–Crippen MR) is 64.4 cm³/mol. The van der Waals surface area contributed by atoms with Gasteiger partial charge in [0.25, 0.3) is 0 Å². The number of carboxylic acids is 1. The van der Waals surface area contributed by atoms with Crippen LogP contribution in [0, 0.1) is 5.82 Å². The van der Waals surface area contributed by atoms with Crippen molar-refractivity contribution >= 4 is 12.0 Å². The van der Waals surface area contributed by atoms with E-state index in [2.05, 4.69) is 4.98 Å². The highest BCUT2D eigenvalue weighted by Gasteiger charge is 2.03. The summed E-state index contributed by atoms with van der Waals surface area (Å²) in [6, 6.07) is 4.62. The zero-order valence-corrected chi connectivity index (χ0v) is 9.45. The number of benzene rings is 1. The molecule has 0 bridgehead atoms. The summed E-state index contributed by atoms with van der Waals surface area (Å²) in [5.74, 6) is -1.42. The third kappa shape index (κ3) is 3.04. The molecule has 18 heavy (non-hydrogen) atoms. The molecule has 0 atom stereocenters. The van der Waals surface area contributed by atoms with E-state index in [9.17, 15) is 9.18 Å². The molecule has 0 saturated heterocycles. The second-order valence-electron chi connectivity index (χ2n) is 3.76. The molecule has 0 amide bonds. The molecule has 1 N–H and O–H groups in total. The Bertz CT molecular complexity index is 577. The first-order chi connectivity index (χ1) is 8.65. The number of aliphatic carboxylic acids is 1. The summed E-state index contributed by atoms with van der Waals surface area (Å²) < 4.78 is 15.5. The van der Waals surface area contributed by atoms with Gasteiger partial charge in [0.15, 0.2) is 0 Å². The topological polar surface area (TPSA) is 55.1 Å². The Morgan fingerprint density at radius 2 is 2.33 bits per heavy atom. The van der Waals surface area contributed by atoms with Gasteiger partial charge in [0.05, 0.1) is 12.9 Å². The Morgan fingerprint density at radius 3 is 2.94 bits per heavy atom. The fourth-order valence-electron chi connectivity index (χ4n) is 1.54. The van der Waals surface area contributed by atoms with Crippen LogP contribution < -0.4 is 0 Å². The smallest absolute Gasteiger partial charge is 0.328 e. The van der Waals surface area contributed by atoms with Gasteiger partial charge in [0.2, 0.25) is 0 Å². The Hall–Kier alpha value is -2.43. The van der Waals surface area contributed by atoms with Gasteiger partial charge in [-0.1, -0.05) is 12.1 Å². The minimum atomic E-state index is -1.06. The highest BCUT2D eigenvalue weighted by molar-refractivity contribution is 5.85. The molecule has 0 fully saturated rings. The normalized spacial score (nSPS) is 10.9. The number of nitrogens with zero attached hydrogens (tertiary/aromatic N) is 2. The Kier molecular flexibility index (Phi) is 3.52. The molecular weight excluding hydrogens is 235 g/mol. The highest BCUT2D eigenvalue weighted by atomic mass is 19.1. The first-order valence-corrected chi connectivity index (χ1v) is 5.30. The van der Waals surface area contributed by atoms with Crippen molar-refractivity contribution in [3.8, 4) is 0 Å². The van der Waals surface area contributed by atoms with E-state index in [4.69, 9.17) is 5.11 Å². The largest absolute Gasteiger partial charge is 0.478 e. The lowest BCUT2D eigenvalue weighted by molar-refractivity contribution is -0.131. The van der Waals surface area contributed by atoms with E-state index in [1.165, 1.54) is 12.1 Å². The Balaban J connectivity index is 2.17. The molecule has 0 aliphatic carbocycles. The third-order valence-electron chi connectivity index (χ3n) is 2.41. The lowest BCUT2D eigenvalue weighted by atomic mass is 10.1. The molecular formula is C13H11FN2O2. The number of rotatable bonds is 4. The van der Waals surface area contributed by atoms with Crippen LogP contribution in [-0.4, -0.2) is 20.6 Å². The minimum Gasteiger partial charge on any atom is -0.478 e. The van der Waals surface area contributed by atoms with E-state index in [1.54, 1.807) is 35.4 Å². The van der Waals surface area contributed by atoms with E-state index in [1.807, 2.05) is 0 Å². The molecule has 0 unspecified atom stereocenters. The molecule has 1 heterocycles. The SMILES string of the molecule is O=C(O)/C=C/c1ccc(Cn2ccnc2)c(F)c1. The highest BCUT2D eigenvalue weighted by Crippen LogP contribution is 2.13. The van der Waals surface area contributed by atoms with Gasteiger partial charge in [-0.05, 0) is 17.7 Å². The van der Waals surface area contributed by atoms with Gasteiger partial charge in [-0.25, -0.2) is 14.2 Å². The molecule has 1 aromatic carbocycles. The summed E-state index contributed by atoms with van der Waals surface area (Å²) in [7, 11) is 0. The quantitative estimate of drug-likeness (QED) is 0.841. The number of imidazole rings is 1. The number of hydrogen-bond acceptors (Lipinski definition) is 2. The summed E-state index contributed by atoms with van der Waals surface area (Å²) in [4.78, 5) is 14.2. The van der Waals surface area contributed by atoms with Crippen LogP contribution in [0.5, 0.6) is 0 Å². The maximum atomic E-state index is 13.8. The van der Waals surface area contributed by atoms with Gasteiger partial charge in [-0.2, -0.15) is 0 Å². The van der Waals surface area contributed by atoms with Gasteiger partial charge in [-0.3, -0.25) is 0 Å². The van der Waals surface area contributed by atoms with Crippen LogP contribution in [0.2, 0.25) is 0 Å². The zero-order valence-electron chi connectivity index (χ0n) is 9.45. The van der Waals surface area contributed by atoms with Crippen LogP contribution in [0.15, 0.2) is 43.0 Å². The van der Waals surface area contributed by atoms with Crippen LogP contribution in [-0.2, 0) is 11.3 Å². The Morgan fingerprint density at radius 1 is 1.50 bits per heavy atom. The Labute approximate surface area is 103 Å². The lowest BCUT2D eigenvalue weighted by Gasteiger charge is -2.05. The van der Waals surface area contributed by atoms with Crippen molar-refractivity contribution < 1.29 is 14.3 Å². The van der Waals surface area contributed by atoms with Crippen molar-refractivity contribution in [3.05, 3.63) is 59.9 Å². The van der Waals surface area contributed by atoms with E-state index < -0.39 is 5.97 Å². The first-order valence-electron chi connectivity index (χ1n) is 5.30.